The number of amides is 3. The molecule has 1 aromatic heterocycles. The normalized spacial score (nSPS) is 14.0. The van der Waals surface area contributed by atoms with Gasteiger partial charge in [-0.15, -0.1) is 11.3 Å². The fourth-order valence-electron chi connectivity index (χ4n) is 2.34. The third kappa shape index (κ3) is 4.30. The number of aryl methyl sites for hydroxylation is 2. The SMILES string of the molecule is CC(C)NC(=O)C(=O)NNC(=O)c1cc2c(s1)CCCCC2. The molecule has 0 saturated carbocycles. The summed E-state index contributed by atoms with van der Waals surface area (Å²) in [7, 11) is 0. The Morgan fingerprint density at radius 3 is 2.50 bits per heavy atom. The van der Waals surface area contributed by atoms with Gasteiger partial charge in [-0.25, -0.2) is 0 Å². The summed E-state index contributed by atoms with van der Waals surface area (Å²) < 4.78 is 0. The van der Waals surface area contributed by atoms with Gasteiger partial charge in [-0.2, -0.15) is 0 Å². The number of carbonyl (C=O) groups is 3. The molecule has 0 atom stereocenters. The molecule has 3 N–H and O–H groups in total. The third-order valence-electron chi connectivity index (χ3n) is 3.39. The van der Waals surface area contributed by atoms with Crippen LogP contribution in [0.2, 0.25) is 0 Å². The zero-order chi connectivity index (χ0) is 16.1. The number of fused-ring (bicyclic) bond motifs is 1. The molecule has 1 aliphatic rings. The summed E-state index contributed by atoms with van der Waals surface area (Å²) in [6, 6.07) is 1.75. The second-order valence-corrected chi connectivity index (χ2v) is 6.79. The van der Waals surface area contributed by atoms with Gasteiger partial charge >= 0.3 is 11.8 Å². The third-order valence-corrected chi connectivity index (χ3v) is 4.62. The van der Waals surface area contributed by atoms with Crippen molar-refractivity contribution >= 4 is 29.1 Å². The molecule has 0 aliphatic heterocycles. The Hall–Kier alpha value is -1.89. The average molecular weight is 323 g/mol. The topological polar surface area (TPSA) is 87.3 Å². The van der Waals surface area contributed by atoms with Crippen LogP contribution in [0.5, 0.6) is 0 Å². The molecule has 0 unspecified atom stereocenters. The Balaban J connectivity index is 1.90. The quantitative estimate of drug-likeness (QED) is 0.435. The summed E-state index contributed by atoms with van der Waals surface area (Å²) in [5.41, 5.74) is 5.66. The molecule has 0 saturated heterocycles. The number of nitrogens with one attached hydrogen (secondary N) is 3. The summed E-state index contributed by atoms with van der Waals surface area (Å²) in [5.74, 6) is -2.03. The molecular weight excluding hydrogens is 302 g/mol. The van der Waals surface area contributed by atoms with Crippen LogP contribution in [-0.4, -0.2) is 23.8 Å². The van der Waals surface area contributed by atoms with Crippen LogP contribution in [0.4, 0.5) is 0 Å². The number of carbonyl (C=O) groups excluding carboxylic acids is 3. The van der Waals surface area contributed by atoms with Crippen LogP contribution in [0, 0.1) is 0 Å². The van der Waals surface area contributed by atoms with E-state index in [9.17, 15) is 14.4 Å². The van der Waals surface area contributed by atoms with Gasteiger partial charge in [0.1, 0.15) is 0 Å². The van der Waals surface area contributed by atoms with Crippen molar-refractivity contribution in [1.82, 2.24) is 16.2 Å². The lowest BCUT2D eigenvalue weighted by molar-refractivity contribution is -0.139. The molecule has 1 aromatic rings. The predicted octanol–water partition coefficient (Wildman–Crippen LogP) is 1.30. The Labute approximate surface area is 133 Å². The van der Waals surface area contributed by atoms with Crippen molar-refractivity contribution in [3.05, 3.63) is 21.4 Å². The molecule has 6 nitrogen and oxygen atoms in total. The van der Waals surface area contributed by atoms with E-state index >= 15 is 0 Å². The minimum atomic E-state index is -0.875. The molecule has 0 aromatic carbocycles. The van der Waals surface area contributed by atoms with E-state index in [0.29, 0.717) is 4.88 Å². The van der Waals surface area contributed by atoms with Crippen molar-refractivity contribution in [2.75, 3.05) is 0 Å². The van der Waals surface area contributed by atoms with Crippen LogP contribution in [0.1, 0.15) is 53.2 Å². The summed E-state index contributed by atoms with van der Waals surface area (Å²) in [6.07, 6.45) is 5.54. The maximum atomic E-state index is 12.1. The summed E-state index contributed by atoms with van der Waals surface area (Å²) >= 11 is 1.46. The average Bonchev–Trinajstić information content (AvgIpc) is 2.75. The van der Waals surface area contributed by atoms with Gasteiger partial charge < -0.3 is 5.32 Å². The van der Waals surface area contributed by atoms with Crippen LogP contribution >= 0.6 is 11.3 Å². The Morgan fingerprint density at radius 1 is 1.05 bits per heavy atom. The van der Waals surface area contributed by atoms with Gasteiger partial charge in [-0.1, -0.05) is 6.42 Å². The van der Waals surface area contributed by atoms with Crippen molar-refractivity contribution in [2.24, 2.45) is 0 Å². The summed E-state index contributed by atoms with van der Waals surface area (Å²) in [4.78, 5) is 36.8. The molecule has 0 radical (unpaired) electrons. The van der Waals surface area contributed by atoms with Crippen LogP contribution < -0.4 is 16.2 Å². The van der Waals surface area contributed by atoms with Crippen LogP contribution in [0.25, 0.3) is 0 Å². The summed E-state index contributed by atoms with van der Waals surface area (Å²) in [5, 5.41) is 2.45. The van der Waals surface area contributed by atoms with E-state index in [-0.39, 0.29) is 11.9 Å². The molecule has 0 spiro atoms. The highest BCUT2D eigenvalue weighted by Crippen LogP contribution is 2.28. The summed E-state index contributed by atoms with van der Waals surface area (Å²) in [6.45, 7) is 3.50. The molecule has 0 fully saturated rings. The smallest absolute Gasteiger partial charge is 0.327 e. The maximum absolute atomic E-state index is 12.1. The highest BCUT2D eigenvalue weighted by atomic mass is 32.1. The Morgan fingerprint density at radius 2 is 1.77 bits per heavy atom. The number of rotatable bonds is 2. The van der Waals surface area contributed by atoms with E-state index in [0.717, 1.165) is 25.7 Å². The van der Waals surface area contributed by atoms with Crippen molar-refractivity contribution in [3.63, 3.8) is 0 Å². The second kappa shape index (κ2) is 7.40. The first kappa shape index (κ1) is 16.5. The lowest BCUT2D eigenvalue weighted by atomic mass is 10.1. The first-order valence-electron chi connectivity index (χ1n) is 7.50. The molecule has 120 valence electrons. The van der Waals surface area contributed by atoms with Crippen LogP contribution in [0.3, 0.4) is 0 Å². The van der Waals surface area contributed by atoms with Gasteiger partial charge in [-0.05, 0) is 51.2 Å². The molecule has 0 bridgehead atoms. The van der Waals surface area contributed by atoms with E-state index in [1.165, 1.54) is 28.2 Å². The molecular formula is C15H21N3O3S. The largest absolute Gasteiger partial charge is 0.346 e. The standard InChI is InChI=1S/C15H21N3O3S/c1-9(2)16-14(20)15(21)18-17-13(19)12-8-10-6-4-3-5-7-11(10)22-12/h8-9H,3-7H2,1-2H3,(H,16,20)(H,17,19)(H,18,21). The van der Waals surface area contributed by atoms with Gasteiger partial charge in [0.25, 0.3) is 5.91 Å². The zero-order valence-corrected chi connectivity index (χ0v) is 13.6. The molecule has 7 heteroatoms. The van der Waals surface area contributed by atoms with E-state index < -0.39 is 11.8 Å². The maximum Gasteiger partial charge on any atom is 0.327 e. The highest BCUT2D eigenvalue weighted by molar-refractivity contribution is 7.14. The minimum absolute atomic E-state index is 0.137. The van der Waals surface area contributed by atoms with E-state index in [1.54, 1.807) is 13.8 Å². The van der Waals surface area contributed by atoms with Gasteiger partial charge in [0.15, 0.2) is 0 Å². The number of hydrazine groups is 1. The molecule has 1 aliphatic carbocycles. The molecule has 22 heavy (non-hydrogen) atoms. The number of hydrogen-bond donors (Lipinski definition) is 3. The molecule has 1 heterocycles. The highest BCUT2D eigenvalue weighted by Gasteiger charge is 2.18. The van der Waals surface area contributed by atoms with Gasteiger partial charge in [-0.3, -0.25) is 25.2 Å². The first-order valence-corrected chi connectivity index (χ1v) is 8.31. The van der Waals surface area contributed by atoms with E-state index in [4.69, 9.17) is 0 Å². The minimum Gasteiger partial charge on any atom is -0.346 e. The van der Waals surface area contributed by atoms with Crippen LogP contribution in [0.15, 0.2) is 6.07 Å². The van der Waals surface area contributed by atoms with E-state index in [2.05, 4.69) is 16.2 Å². The van der Waals surface area contributed by atoms with Crippen molar-refractivity contribution < 1.29 is 14.4 Å². The van der Waals surface area contributed by atoms with Gasteiger partial charge in [0.05, 0.1) is 4.88 Å². The molecule has 3 amide bonds. The number of hydrogen-bond acceptors (Lipinski definition) is 4. The predicted molar refractivity (Wildman–Crippen MR) is 84.5 cm³/mol. The van der Waals surface area contributed by atoms with Gasteiger partial charge in [0, 0.05) is 10.9 Å². The Kier molecular flexibility index (Phi) is 5.54. The monoisotopic (exact) mass is 323 g/mol. The van der Waals surface area contributed by atoms with Crippen molar-refractivity contribution in [2.45, 2.75) is 52.0 Å². The van der Waals surface area contributed by atoms with Gasteiger partial charge in [0.2, 0.25) is 0 Å². The lowest BCUT2D eigenvalue weighted by Crippen LogP contribution is -2.49. The Bertz CT molecular complexity index is 557. The fraction of sp³-hybridized carbons (Fsp3) is 0.533. The lowest BCUT2D eigenvalue weighted by Gasteiger charge is -2.09. The van der Waals surface area contributed by atoms with Crippen molar-refractivity contribution in [3.8, 4) is 0 Å². The van der Waals surface area contributed by atoms with E-state index in [1.807, 2.05) is 6.07 Å². The second-order valence-electron chi connectivity index (χ2n) is 5.66. The van der Waals surface area contributed by atoms with Crippen LogP contribution in [-0.2, 0) is 22.4 Å². The van der Waals surface area contributed by atoms with Crippen molar-refractivity contribution in [1.29, 1.82) is 0 Å². The molecule has 2 rings (SSSR count). The zero-order valence-electron chi connectivity index (χ0n) is 12.8. The number of thiophene rings is 1. The first-order chi connectivity index (χ1) is 10.5. The fourth-order valence-corrected chi connectivity index (χ4v) is 3.49.